The molecule has 0 aromatic carbocycles. The fraction of sp³-hybridized carbons (Fsp3) is 0.727. The molecule has 1 aliphatic carbocycles. The van der Waals surface area contributed by atoms with Crippen molar-refractivity contribution in [3.05, 3.63) is 12.2 Å². The zero-order valence-corrected chi connectivity index (χ0v) is 8.08. The summed E-state index contributed by atoms with van der Waals surface area (Å²) in [5, 5.41) is 0. The van der Waals surface area contributed by atoms with Crippen LogP contribution in [0.15, 0.2) is 12.2 Å². The van der Waals surface area contributed by atoms with Crippen LogP contribution < -0.4 is 0 Å². The lowest BCUT2D eigenvalue weighted by molar-refractivity contribution is -0.157. The lowest BCUT2D eigenvalue weighted by atomic mass is 9.75. The van der Waals surface area contributed by atoms with Crippen molar-refractivity contribution in [2.24, 2.45) is 11.8 Å². The molecule has 72 valence electrons. The van der Waals surface area contributed by atoms with E-state index in [0.717, 1.165) is 6.42 Å². The van der Waals surface area contributed by atoms with Crippen LogP contribution in [0.2, 0.25) is 0 Å². The van der Waals surface area contributed by atoms with Gasteiger partial charge in [-0.15, -0.1) is 0 Å². The second-order valence-electron chi connectivity index (χ2n) is 4.35. The van der Waals surface area contributed by atoms with E-state index in [4.69, 9.17) is 4.74 Å². The SMILES string of the molecule is C=C1C[C@H]2CCC[C@@H](C)[C@H]2OC1=O. The van der Waals surface area contributed by atoms with Gasteiger partial charge in [0.2, 0.25) is 0 Å². The molecule has 0 aromatic rings. The van der Waals surface area contributed by atoms with Crippen molar-refractivity contribution in [1.82, 2.24) is 0 Å². The van der Waals surface area contributed by atoms with Crippen molar-refractivity contribution < 1.29 is 9.53 Å². The van der Waals surface area contributed by atoms with Gasteiger partial charge < -0.3 is 4.74 Å². The standard InChI is InChI=1S/C11H16O2/c1-7-4-3-5-9-6-8(2)11(12)13-10(7)9/h7,9-10H,2-6H2,1H3/t7-,9-,10-/m1/s1. The third kappa shape index (κ3) is 1.50. The lowest BCUT2D eigenvalue weighted by Gasteiger charge is -2.39. The predicted octanol–water partition coefficient (Wildman–Crippen LogP) is 2.29. The first-order valence-corrected chi connectivity index (χ1v) is 5.07. The molecule has 13 heavy (non-hydrogen) atoms. The molecule has 3 atom stereocenters. The molecule has 0 amide bonds. The van der Waals surface area contributed by atoms with Crippen LogP contribution in [0.5, 0.6) is 0 Å². The van der Waals surface area contributed by atoms with Crippen molar-refractivity contribution in [1.29, 1.82) is 0 Å². The molecule has 0 unspecified atom stereocenters. The Morgan fingerprint density at radius 1 is 1.46 bits per heavy atom. The number of carbonyl (C=O) groups is 1. The van der Waals surface area contributed by atoms with Gasteiger partial charge in [0.25, 0.3) is 0 Å². The Hall–Kier alpha value is -0.790. The molecule has 1 saturated heterocycles. The van der Waals surface area contributed by atoms with E-state index in [1.165, 1.54) is 19.3 Å². The summed E-state index contributed by atoms with van der Waals surface area (Å²) in [6.07, 6.45) is 4.69. The monoisotopic (exact) mass is 180 g/mol. The van der Waals surface area contributed by atoms with Gasteiger partial charge in [0.15, 0.2) is 0 Å². The minimum absolute atomic E-state index is 0.171. The zero-order chi connectivity index (χ0) is 9.42. The van der Waals surface area contributed by atoms with Crippen molar-refractivity contribution in [2.75, 3.05) is 0 Å². The number of ether oxygens (including phenoxy) is 1. The molecule has 2 heteroatoms. The highest BCUT2D eigenvalue weighted by Crippen LogP contribution is 2.38. The molecule has 0 N–H and O–H groups in total. The topological polar surface area (TPSA) is 26.3 Å². The summed E-state index contributed by atoms with van der Waals surface area (Å²) in [4.78, 5) is 11.3. The molecule has 2 nitrogen and oxygen atoms in total. The first-order valence-electron chi connectivity index (χ1n) is 5.07. The molecule has 2 rings (SSSR count). The average molecular weight is 180 g/mol. The number of esters is 1. The summed E-state index contributed by atoms with van der Waals surface area (Å²) in [6.45, 7) is 5.92. The molecule has 0 radical (unpaired) electrons. The highest BCUT2D eigenvalue weighted by Gasteiger charge is 2.38. The largest absolute Gasteiger partial charge is 0.458 e. The summed E-state index contributed by atoms with van der Waals surface area (Å²) >= 11 is 0. The van der Waals surface area contributed by atoms with Crippen molar-refractivity contribution in [2.45, 2.75) is 38.7 Å². The molecule has 1 heterocycles. The van der Waals surface area contributed by atoms with E-state index < -0.39 is 0 Å². The molecule has 1 aliphatic heterocycles. The maximum Gasteiger partial charge on any atom is 0.333 e. The van der Waals surface area contributed by atoms with Crippen LogP contribution in [0, 0.1) is 11.8 Å². The van der Waals surface area contributed by atoms with Gasteiger partial charge in [-0.25, -0.2) is 4.79 Å². The Kier molecular flexibility index (Phi) is 2.14. The highest BCUT2D eigenvalue weighted by atomic mass is 16.5. The van der Waals surface area contributed by atoms with Gasteiger partial charge in [0.1, 0.15) is 6.10 Å². The van der Waals surface area contributed by atoms with Crippen LogP contribution in [-0.4, -0.2) is 12.1 Å². The van der Waals surface area contributed by atoms with Crippen LogP contribution in [0.4, 0.5) is 0 Å². The van der Waals surface area contributed by atoms with E-state index in [1.807, 2.05) is 0 Å². The number of carbonyl (C=O) groups excluding carboxylic acids is 1. The third-order valence-electron chi connectivity index (χ3n) is 3.30. The molecule has 0 bridgehead atoms. The van der Waals surface area contributed by atoms with Gasteiger partial charge in [-0.05, 0) is 25.2 Å². The number of rotatable bonds is 0. The van der Waals surface area contributed by atoms with E-state index >= 15 is 0 Å². The Bertz CT molecular complexity index is 244. The second kappa shape index (κ2) is 3.17. The lowest BCUT2D eigenvalue weighted by Crippen LogP contribution is -2.40. The van der Waals surface area contributed by atoms with Gasteiger partial charge in [0, 0.05) is 11.5 Å². The Labute approximate surface area is 79.0 Å². The Morgan fingerprint density at radius 3 is 3.00 bits per heavy atom. The fourth-order valence-corrected chi connectivity index (χ4v) is 2.53. The van der Waals surface area contributed by atoms with E-state index in [-0.39, 0.29) is 12.1 Å². The van der Waals surface area contributed by atoms with Crippen LogP contribution in [-0.2, 0) is 9.53 Å². The molecule has 2 fully saturated rings. The first-order chi connectivity index (χ1) is 6.18. The van der Waals surface area contributed by atoms with Crippen LogP contribution >= 0.6 is 0 Å². The van der Waals surface area contributed by atoms with Gasteiger partial charge in [-0.2, -0.15) is 0 Å². The van der Waals surface area contributed by atoms with Gasteiger partial charge >= 0.3 is 5.97 Å². The molecule has 2 aliphatic rings. The van der Waals surface area contributed by atoms with Gasteiger partial charge in [0.05, 0.1) is 0 Å². The van der Waals surface area contributed by atoms with Gasteiger partial charge in [-0.1, -0.05) is 19.9 Å². The number of fused-ring (bicyclic) bond motifs is 1. The third-order valence-corrected chi connectivity index (χ3v) is 3.30. The van der Waals surface area contributed by atoms with Gasteiger partial charge in [-0.3, -0.25) is 0 Å². The smallest absolute Gasteiger partial charge is 0.333 e. The quantitative estimate of drug-likeness (QED) is 0.422. The number of hydrogen-bond donors (Lipinski definition) is 0. The fourth-order valence-electron chi connectivity index (χ4n) is 2.53. The van der Waals surface area contributed by atoms with Crippen LogP contribution in [0.25, 0.3) is 0 Å². The van der Waals surface area contributed by atoms with Crippen molar-refractivity contribution >= 4 is 5.97 Å². The van der Waals surface area contributed by atoms with E-state index in [9.17, 15) is 4.79 Å². The van der Waals surface area contributed by atoms with E-state index in [1.54, 1.807) is 0 Å². The summed E-state index contributed by atoms with van der Waals surface area (Å²) in [6, 6.07) is 0. The maximum absolute atomic E-state index is 11.3. The molecule has 0 aromatic heterocycles. The molecule has 1 saturated carbocycles. The number of hydrogen-bond acceptors (Lipinski definition) is 2. The van der Waals surface area contributed by atoms with Crippen molar-refractivity contribution in [3.8, 4) is 0 Å². The minimum Gasteiger partial charge on any atom is -0.458 e. The molecular weight excluding hydrogens is 164 g/mol. The second-order valence-corrected chi connectivity index (χ2v) is 4.35. The average Bonchev–Trinajstić information content (AvgIpc) is 2.09. The predicted molar refractivity (Wildman–Crippen MR) is 50.1 cm³/mol. The molecule has 0 spiro atoms. The normalized spacial score (nSPS) is 39.6. The maximum atomic E-state index is 11.3. The van der Waals surface area contributed by atoms with E-state index in [2.05, 4.69) is 13.5 Å². The summed E-state index contributed by atoms with van der Waals surface area (Å²) in [5.74, 6) is 0.916. The van der Waals surface area contributed by atoms with Crippen LogP contribution in [0.3, 0.4) is 0 Å². The zero-order valence-electron chi connectivity index (χ0n) is 8.08. The van der Waals surface area contributed by atoms with E-state index in [0.29, 0.717) is 17.4 Å². The Morgan fingerprint density at radius 2 is 2.23 bits per heavy atom. The summed E-state index contributed by atoms with van der Waals surface area (Å²) < 4.78 is 5.38. The van der Waals surface area contributed by atoms with Crippen molar-refractivity contribution in [3.63, 3.8) is 0 Å². The van der Waals surface area contributed by atoms with Crippen LogP contribution in [0.1, 0.15) is 32.6 Å². The Balaban J connectivity index is 2.12. The summed E-state index contributed by atoms with van der Waals surface area (Å²) in [5.41, 5.74) is 0.662. The summed E-state index contributed by atoms with van der Waals surface area (Å²) in [7, 11) is 0. The molecular formula is C11H16O2. The highest BCUT2D eigenvalue weighted by molar-refractivity contribution is 5.88. The minimum atomic E-state index is -0.171. The first kappa shape index (κ1) is 8.79.